The Hall–Kier alpha value is -2.24. The van der Waals surface area contributed by atoms with Crippen LogP contribution in [0.3, 0.4) is 0 Å². The van der Waals surface area contributed by atoms with Crippen molar-refractivity contribution in [1.82, 2.24) is 14.5 Å². The largest absolute Gasteiger partial charge is 0.363 e. The van der Waals surface area contributed by atoms with Crippen molar-refractivity contribution in [3.8, 4) is 0 Å². The van der Waals surface area contributed by atoms with Crippen LogP contribution in [0.15, 0.2) is 23.1 Å². The number of amides is 1. The average Bonchev–Trinajstić information content (AvgIpc) is 2.78. The molecular weight excluding hydrogens is 446 g/mol. The van der Waals surface area contributed by atoms with Crippen LogP contribution < -0.4 is 10.2 Å². The number of nitro benzene ring substituents is 1. The zero-order valence-electron chi connectivity index (χ0n) is 19.7. The number of piperidine rings is 1. The molecule has 3 rings (SSSR count). The highest BCUT2D eigenvalue weighted by Gasteiger charge is 2.31. The molecule has 2 heterocycles. The van der Waals surface area contributed by atoms with E-state index in [0.717, 1.165) is 12.8 Å². The molecule has 0 aliphatic carbocycles. The van der Waals surface area contributed by atoms with Crippen molar-refractivity contribution in [2.45, 2.75) is 38.5 Å². The maximum Gasteiger partial charge on any atom is 0.293 e. The Bertz CT molecular complexity index is 952. The standard InChI is InChI=1S/C22H35N5O5S/c1-17(2)15-23-22(28)16-24-10-12-25(13-11-24)20-5-4-19(14-21(20)27(29)30)33(31,32)26-8-6-18(3)7-9-26/h4-5,14,17-18H,6-13,15-16H2,1-3H3,(H,23,28). The molecule has 2 aliphatic heterocycles. The lowest BCUT2D eigenvalue weighted by molar-refractivity contribution is -0.384. The van der Waals surface area contributed by atoms with Gasteiger partial charge in [0.25, 0.3) is 5.69 Å². The number of carbonyl (C=O) groups is 1. The second-order valence-electron chi connectivity index (χ2n) is 9.46. The first-order valence-corrected chi connectivity index (χ1v) is 13.0. The minimum atomic E-state index is -3.77. The van der Waals surface area contributed by atoms with Gasteiger partial charge in [0.05, 0.1) is 16.4 Å². The van der Waals surface area contributed by atoms with Gasteiger partial charge in [0.2, 0.25) is 15.9 Å². The molecule has 0 saturated carbocycles. The predicted molar refractivity (Wildman–Crippen MR) is 127 cm³/mol. The molecule has 184 valence electrons. The van der Waals surface area contributed by atoms with Gasteiger partial charge in [-0.2, -0.15) is 4.31 Å². The summed E-state index contributed by atoms with van der Waals surface area (Å²) in [7, 11) is -3.77. The summed E-state index contributed by atoms with van der Waals surface area (Å²) >= 11 is 0. The fourth-order valence-electron chi connectivity index (χ4n) is 4.18. The number of nitrogens with zero attached hydrogens (tertiary/aromatic N) is 4. The first-order valence-electron chi connectivity index (χ1n) is 11.6. The molecule has 0 aromatic heterocycles. The first kappa shape index (κ1) is 25.4. The van der Waals surface area contributed by atoms with Crippen molar-refractivity contribution in [2.75, 3.05) is 57.3 Å². The van der Waals surface area contributed by atoms with Crippen molar-refractivity contribution >= 4 is 27.3 Å². The normalized spacial score (nSPS) is 19.1. The molecule has 1 aromatic rings. The minimum absolute atomic E-state index is 0.0233. The number of hydrogen-bond donors (Lipinski definition) is 1. The smallest absolute Gasteiger partial charge is 0.293 e. The van der Waals surface area contributed by atoms with Crippen LogP contribution in [0.25, 0.3) is 0 Å². The molecular formula is C22H35N5O5S. The number of anilines is 1. The molecule has 33 heavy (non-hydrogen) atoms. The number of rotatable bonds is 8. The van der Waals surface area contributed by atoms with Gasteiger partial charge in [0, 0.05) is 51.9 Å². The van der Waals surface area contributed by atoms with E-state index in [-0.39, 0.29) is 16.5 Å². The highest BCUT2D eigenvalue weighted by atomic mass is 32.2. The van der Waals surface area contributed by atoms with E-state index in [0.29, 0.717) is 69.9 Å². The second kappa shape index (κ2) is 10.8. The lowest BCUT2D eigenvalue weighted by Crippen LogP contribution is -2.49. The third-order valence-electron chi connectivity index (χ3n) is 6.31. The van der Waals surface area contributed by atoms with Gasteiger partial charge in [-0.15, -0.1) is 0 Å². The molecule has 1 N–H and O–H groups in total. The summed E-state index contributed by atoms with van der Waals surface area (Å²) in [5, 5.41) is 14.7. The summed E-state index contributed by atoms with van der Waals surface area (Å²) in [4.78, 5) is 27.2. The Morgan fingerprint density at radius 3 is 2.36 bits per heavy atom. The monoisotopic (exact) mass is 481 g/mol. The van der Waals surface area contributed by atoms with Crippen molar-refractivity contribution in [3.63, 3.8) is 0 Å². The molecule has 0 unspecified atom stereocenters. The lowest BCUT2D eigenvalue weighted by atomic mass is 10.0. The van der Waals surface area contributed by atoms with E-state index in [1.807, 2.05) is 23.6 Å². The summed E-state index contributed by atoms with van der Waals surface area (Å²) in [6.07, 6.45) is 1.58. The highest BCUT2D eigenvalue weighted by molar-refractivity contribution is 7.89. The van der Waals surface area contributed by atoms with Crippen LogP contribution in [0.4, 0.5) is 11.4 Å². The minimum Gasteiger partial charge on any atom is -0.363 e. The van der Waals surface area contributed by atoms with Gasteiger partial charge in [0.1, 0.15) is 5.69 Å². The third-order valence-corrected chi connectivity index (χ3v) is 8.21. The van der Waals surface area contributed by atoms with E-state index in [4.69, 9.17) is 0 Å². The molecule has 10 nitrogen and oxygen atoms in total. The van der Waals surface area contributed by atoms with Gasteiger partial charge in [-0.3, -0.25) is 19.8 Å². The molecule has 0 atom stereocenters. The van der Waals surface area contributed by atoms with E-state index in [1.54, 1.807) is 6.07 Å². The molecule has 1 amide bonds. The van der Waals surface area contributed by atoms with Gasteiger partial charge in [0.15, 0.2) is 0 Å². The molecule has 1 aromatic carbocycles. The topological polar surface area (TPSA) is 116 Å². The molecule has 0 spiro atoms. The van der Waals surface area contributed by atoms with Gasteiger partial charge in [-0.1, -0.05) is 20.8 Å². The number of hydrogen-bond acceptors (Lipinski definition) is 7. The number of nitrogens with one attached hydrogen (secondary N) is 1. The summed E-state index contributed by atoms with van der Waals surface area (Å²) in [5.74, 6) is 0.842. The molecule has 11 heteroatoms. The van der Waals surface area contributed by atoms with E-state index in [9.17, 15) is 23.3 Å². The van der Waals surface area contributed by atoms with Crippen LogP contribution in [-0.2, 0) is 14.8 Å². The summed E-state index contributed by atoms with van der Waals surface area (Å²) < 4.78 is 27.5. The van der Waals surface area contributed by atoms with Gasteiger partial charge < -0.3 is 10.2 Å². The number of benzene rings is 1. The fourth-order valence-corrected chi connectivity index (χ4v) is 5.67. The maximum absolute atomic E-state index is 13.0. The van der Waals surface area contributed by atoms with E-state index < -0.39 is 14.9 Å². The lowest BCUT2D eigenvalue weighted by Gasteiger charge is -2.35. The van der Waals surface area contributed by atoms with Crippen molar-refractivity contribution in [1.29, 1.82) is 0 Å². The first-order chi connectivity index (χ1) is 15.6. The van der Waals surface area contributed by atoms with Crippen molar-refractivity contribution < 1.29 is 18.1 Å². The van der Waals surface area contributed by atoms with Crippen molar-refractivity contribution in [3.05, 3.63) is 28.3 Å². The summed E-state index contributed by atoms with van der Waals surface area (Å²) in [6.45, 7) is 10.2. The quantitative estimate of drug-likeness (QED) is 0.445. The fraction of sp³-hybridized carbons (Fsp3) is 0.682. The Labute approximate surface area is 196 Å². The predicted octanol–water partition coefficient (Wildman–Crippen LogP) is 1.91. The van der Waals surface area contributed by atoms with Crippen LogP contribution in [-0.4, -0.2) is 80.8 Å². The van der Waals surface area contributed by atoms with Crippen LogP contribution in [0.1, 0.15) is 33.6 Å². The van der Waals surface area contributed by atoms with Crippen LogP contribution >= 0.6 is 0 Å². The zero-order chi connectivity index (χ0) is 24.2. The van der Waals surface area contributed by atoms with Gasteiger partial charge >= 0.3 is 0 Å². The Balaban J connectivity index is 1.68. The Kier molecular flexibility index (Phi) is 8.30. The molecule has 2 aliphatic rings. The van der Waals surface area contributed by atoms with Crippen LogP contribution in [0.5, 0.6) is 0 Å². The SMILES string of the molecule is CC(C)CNC(=O)CN1CCN(c2ccc(S(=O)(=O)N3CCC(C)CC3)cc2[N+](=O)[O-])CC1. The third kappa shape index (κ3) is 6.42. The van der Waals surface area contributed by atoms with Gasteiger partial charge in [-0.25, -0.2) is 8.42 Å². The zero-order valence-corrected chi connectivity index (χ0v) is 20.5. The van der Waals surface area contributed by atoms with Crippen LogP contribution in [0.2, 0.25) is 0 Å². The Morgan fingerprint density at radius 1 is 1.15 bits per heavy atom. The maximum atomic E-state index is 13.0. The van der Waals surface area contributed by atoms with Gasteiger partial charge in [-0.05, 0) is 36.8 Å². The second-order valence-corrected chi connectivity index (χ2v) is 11.4. The Morgan fingerprint density at radius 2 is 1.79 bits per heavy atom. The van der Waals surface area contributed by atoms with Crippen molar-refractivity contribution in [2.24, 2.45) is 11.8 Å². The molecule has 0 radical (unpaired) electrons. The van der Waals surface area contributed by atoms with E-state index >= 15 is 0 Å². The molecule has 2 fully saturated rings. The number of sulfonamides is 1. The summed E-state index contributed by atoms with van der Waals surface area (Å²) in [5.41, 5.74) is 0.208. The van der Waals surface area contributed by atoms with E-state index in [1.165, 1.54) is 16.4 Å². The average molecular weight is 482 g/mol. The summed E-state index contributed by atoms with van der Waals surface area (Å²) in [6, 6.07) is 4.21. The highest BCUT2D eigenvalue weighted by Crippen LogP contribution is 2.33. The number of carbonyl (C=O) groups excluding carboxylic acids is 1. The van der Waals surface area contributed by atoms with Crippen LogP contribution in [0, 0.1) is 22.0 Å². The van der Waals surface area contributed by atoms with E-state index in [2.05, 4.69) is 12.2 Å². The number of nitro groups is 1. The molecule has 2 saturated heterocycles. The number of piperazine rings is 1. The molecule has 0 bridgehead atoms.